The lowest BCUT2D eigenvalue weighted by molar-refractivity contribution is -0.0493. The zero-order valence-corrected chi connectivity index (χ0v) is 11.6. The molecular formula is C13H11BrF2N2O. The summed E-state index contributed by atoms with van der Waals surface area (Å²) in [6.07, 6.45) is 0. The van der Waals surface area contributed by atoms with Crippen molar-refractivity contribution in [3.8, 4) is 5.75 Å². The fourth-order valence-electron chi connectivity index (χ4n) is 1.52. The molecule has 0 unspecified atom stereocenters. The summed E-state index contributed by atoms with van der Waals surface area (Å²) in [5, 5.41) is 2.96. The van der Waals surface area contributed by atoms with Crippen LogP contribution in [0.15, 0.2) is 40.9 Å². The number of anilines is 2. The number of nitrogens with zero attached hydrogens (tertiary/aromatic N) is 1. The van der Waals surface area contributed by atoms with Crippen LogP contribution in [0.1, 0.15) is 5.69 Å². The number of hydrogen-bond donors (Lipinski definition) is 1. The van der Waals surface area contributed by atoms with Gasteiger partial charge in [0.1, 0.15) is 11.6 Å². The molecule has 0 aliphatic heterocycles. The molecular weight excluding hydrogens is 318 g/mol. The average molecular weight is 329 g/mol. The Kier molecular flexibility index (Phi) is 4.31. The quantitative estimate of drug-likeness (QED) is 0.897. The fourth-order valence-corrected chi connectivity index (χ4v) is 1.74. The first-order valence-electron chi connectivity index (χ1n) is 5.50. The van der Waals surface area contributed by atoms with Crippen LogP contribution in [0.5, 0.6) is 5.75 Å². The van der Waals surface area contributed by atoms with Gasteiger partial charge in [-0.15, -0.1) is 0 Å². The lowest BCUT2D eigenvalue weighted by Crippen LogP contribution is -2.05. The van der Waals surface area contributed by atoms with Crippen LogP contribution in [0.2, 0.25) is 0 Å². The number of pyridine rings is 1. The highest BCUT2D eigenvalue weighted by Gasteiger charge is 2.09. The van der Waals surface area contributed by atoms with Crippen LogP contribution in [0.4, 0.5) is 20.3 Å². The normalized spacial score (nSPS) is 10.6. The predicted molar refractivity (Wildman–Crippen MR) is 73.0 cm³/mol. The van der Waals surface area contributed by atoms with E-state index >= 15 is 0 Å². The van der Waals surface area contributed by atoms with Crippen molar-refractivity contribution in [3.05, 3.63) is 46.6 Å². The van der Waals surface area contributed by atoms with Crippen LogP contribution >= 0.6 is 15.9 Å². The van der Waals surface area contributed by atoms with E-state index in [-0.39, 0.29) is 5.75 Å². The number of para-hydroxylation sites is 2. The van der Waals surface area contributed by atoms with Gasteiger partial charge in [0.05, 0.1) is 11.4 Å². The molecule has 0 atom stereocenters. The molecule has 0 bridgehead atoms. The number of benzene rings is 1. The molecule has 0 fully saturated rings. The number of nitrogens with one attached hydrogen (secondary N) is 1. The van der Waals surface area contributed by atoms with E-state index in [1.54, 1.807) is 24.3 Å². The number of alkyl halides is 2. The summed E-state index contributed by atoms with van der Waals surface area (Å²) in [5.74, 6) is 0.644. The third-order valence-corrected chi connectivity index (χ3v) is 3.23. The summed E-state index contributed by atoms with van der Waals surface area (Å²) >= 11 is 3.35. The minimum absolute atomic E-state index is 0.0832. The van der Waals surface area contributed by atoms with Crippen molar-refractivity contribution in [1.82, 2.24) is 4.98 Å². The standard InChI is InChI=1S/C13H11BrF2N2O/c1-8-9(14)6-7-12(17-8)18-10-4-2-3-5-11(10)19-13(15)16/h2-7,13H,1H3,(H,17,18). The highest BCUT2D eigenvalue weighted by atomic mass is 79.9. The van der Waals surface area contributed by atoms with E-state index < -0.39 is 6.61 Å². The summed E-state index contributed by atoms with van der Waals surface area (Å²) < 4.78 is 29.9. The van der Waals surface area contributed by atoms with Gasteiger partial charge in [-0.1, -0.05) is 12.1 Å². The number of aryl methyl sites for hydroxylation is 1. The second-order valence-electron chi connectivity index (χ2n) is 3.76. The van der Waals surface area contributed by atoms with Crippen molar-refractivity contribution >= 4 is 27.4 Å². The predicted octanol–water partition coefficient (Wildman–Crippen LogP) is 4.50. The van der Waals surface area contributed by atoms with Crippen molar-refractivity contribution in [2.24, 2.45) is 0 Å². The molecule has 0 saturated carbocycles. The molecule has 0 aliphatic rings. The summed E-state index contributed by atoms with van der Waals surface area (Å²) in [7, 11) is 0. The van der Waals surface area contributed by atoms with Gasteiger partial charge in [-0.25, -0.2) is 4.98 Å². The zero-order chi connectivity index (χ0) is 13.8. The SMILES string of the molecule is Cc1nc(Nc2ccccc2OC(F)F)ccc1Br. The van der Waals surface area contributed by atoms with Crippen molar-refractivity contribution in [1.29, 1.82) is 0 Å². The van der Waals surface area contributed by atoms with E-state index in [0.29, 0.717) is 11.5 Å². The molecule has 1 aromatic heterocycles. The van der Waals surface area contributed by atoms with Crippen molar-refractivity contribution in [2.45, 2.75) is 13.5 Å². The van der Waals surface area contributed by atoms with Crippen molar-refractivity contribution < 1.29 is 13.5 Å². The first kappa shape index (κ1) is 13.7. The van der Waals surface area contributed by atoms with Gasteiger partial charge in [0, 0.05) is 4.47 Å². The summed E-state index contributed by atoms with van der Waals surface area (Å²) in [4.78, 5) is 4.29. The molecule has 2 aromatic rings. The van der Waals surface area contributed by atoms with Crippen LogP contribution in [-0.4, -0.2) is 11.6 Å². The molecule has 6 heteroatoms. The molecule has 2 rings (SSSR count). The first-order chi connectivity index (χ1) is 9.06. The molecule has 0 spiro atoms. The molecule has 100 valence electrons. The molecule has 1 aromatic carbocycles. The average Bonchev–Trinajstić information content (AvgIpc) is 2.36. The van der Waals surface area contributed by atoms with Gasteiger partial charge >= 0.3 is 6.61 Å². The highest BCUT2D eigenvalue weighted by molar-refractivity contribution is 9.10. The Balaban J connectivity index is 2.25. The van der Waals surface area contributed by atoms with Gasteiger partial charge in [-0.05, 0) is 47.1 Å². The summed E-state index contributed by atoms with van der Waals surface area (Å²) in [5.41, 5.74) is 1.24. The molecule has 0 saturated heterocycles. The maximum atomic E-state index is 12.3. The van der Waals surface area contributed by atoms with E-state index in [1.807, 2.05) is 13.0 Å². The van der Waals surface area contributed by atoms with Gasteiger partial charge < -0.3 is 10.1 Å². The Morgan fingerprint density at radius 1 is 1.21 bits per heavy atom. The van der Waals surface area contributed by atoms with Crippen LogP contribution < -0.4 is 10.1 Å². The van der Waals surface area contributed by atoms with Crippen LogP contribution in [0.25, 0.3) is 0 Å². The second-order valence-corrected chi connectivity index (χ2v) is 4.62. The third kappa shape index (κ3) is 3.64. The monoisotopic (exact) mass is 328 g/mol. The smallest absolute Gasteiger partial charge is 0.387 e. The zero-order valence-electron chi connectivity index (χ0n) is 10.0. The topological polar surface area (TPSA) is 34.2 Å². The lowest BCUT2D eigenvalue weighted by Gasteiger charge is -2.12. The Bertz CT molecular complexity index is 578. The minimum Gasteiger partial charge on any atom is -0.433 e. The Morgan fingerprint density at radius 3 is 2.63 bits per heavy atom. The number of rotatable bonds is 4. The number of hydrogen-bond acceptors (Lipinski definition) is 3. The van der Waals surface area contributed by atoms with E-state index in [2.05, 4.69) is 31.0 Å². The van der Waals surface area contributed by atoms with Gasteiger partial charge in [-0.3, -0.25) is 0 Å². The molecule has 0 amide bonds. The van der Waals surface area contributed by atoms with Crippen LogP contribution in [-0.2, 0) is 0 Å². The molecule has 1 N–H and O–H groups in total. The van der Waals surface area contributed by atoms with E-state index in [4.69, 9.17) is 0 Å². The Hall–Kier alpha value is -1.69. The molecule has 0 aliphatic carbocycles. The third-order valence-electron chi connectivity index (χ3n) is 2.39. The number of halogens is 3. The molecule has 3 nitrogen and oxygen atoms in total. The van der Waals surface area contributed by atoms with Gasteiger partial charge in [-0.2, -0.15) is 8.78 Å². The van der Waals surface area contributed by atoms with E-state index in [9.17, 15) is 8.78 Å². The Labute approximate surface area is 117 Å². The molecule has 19 heavy (non-hydrogen) atoms. The number of aromatic nitrogens is 1. The highest BCUT2D eigenvalue weighted by Crippen LogP contribution is 2.28. The minimum atomic E-state index is -2.86. The van der Waals surface area contributed by atoms with E-state index in [1.165, 1.54) is 6.07 Å². The van der Waals surface area contributed by atoms with Crippen LogP contribution in [0.3, 0.4) is 0 Å². The van der Waals surface area contributed by atoms with Crippen molar-refractivity contribution in [3.63, 3.8) is 0 Å². The summed E-state index contributed by atoms with van der Waals surface area (Å²) in [6.45, 7) is -1.01. The molecule has 0 radical (unpaired) electrons. The number of ether oxygens (including phenoxy) is 1. The maximum absolute atomic E-state index is 12.3. The maximum Gasteiger partial charge on any atom is 0.387 e. The van der Waals surface area contributed by atoms with E-state index in [0.717, 1.165) is 10.2 Å². The lowest BCUT2D eigenvalue weighted by atomic mass is 10.3. The first-order valence-corrected chi connectivity index (χ1v) is 6.29. The van der Waals surface area contributed by atoms with Crippen molar-refractivity contribution in [2.75, 3.05) is 5.32 Å². The molecule has 1 heterocycles. The van der Waals surface area contributed by atoms with Gasteiger partial charge in [0.2, 0.25) is 0 Å². The largest absolute Gasteiger partial charge is 0.433 e. The fraction of sp³-hybridized carbons (Fsp3) is 0.154. The Morgan fingerprint density at radius 2 is 1.95 bits per heavy atom. The van der Waals surface area contributed by atoms with Gasteiger partial charge in [0.15, 0.2) is 0 Å². The second kappa shape index (κ2) is 5.97. The van der Waals surface area contributed by atoms with Gasteiger partial charge in [0.25, 0.3) is 0 Å². The summed E-state index contributed by atoms with van der Waals surface area (Å²) in [6, 6.07) is 10.1. The van der Waals surface area contributed by atoms with Crippen LogP contribution in [0, 0.1) is 6.92 Å².